The lowest BCUT2D eigenvalue weighted by Crippen LogP contribution is -2.41. The Labute approximate surface area is 121 Å². The monoisotopic (exact) mass is 279 g/mol. The third kappa shape index (κ3) is 3.57. The van der Waals surface area contributed by atoms with Crippen LogP contribution < -0.4 is 5.48 Å². The molecule has 1 aliphatic carbocycles. The fourth-order valence-electron chi connectivity index (χ4n) is 2.35. The molecule has 0 heterocycles. The van der Waals surface area contributed by atoms with Gasteiger partial charge in [-0.2, -0.15) is 0 Å². The van der Waals surface area contributed by atoms with E-state index in [1.807, 2.05) is 27.7 Å². The molecule has 0 saturated heterocycles. The molecule has 1 aliphatic rings. The van der Waals surface area contributed by atoms with Crippen LogP contribution in [0.15, 0.2) is 23.9 Å². The van der Waals surface area contributed by atoms with Crippen molar-refractivity contribution < 1.29 is 14.4 Å². The Morgan fingerprint density at radius 3 is 2.70 bits per heavy atom. The highest BCUT2D eigenvalue weighted by Crippen LogP contribution is 2.39. The number of carbonyl (C=O) groups excluding carboxylic acids is 2. The summed E-state index contributed by atoms with van der Waals surface area (Å²) in [5.41, 5.74) is 3.38. The minimum atomic E-state index is -0.281. The van der Waals surface area contributed by atoms with Crippen LogP contribution in [-0.4, -0.2) is 18.2 Å². The summed E-state index contributed by atoms with van der Waals surface area (Å²) in [4.78, 5) is 30.0. The molecule has 112 valence electrons. The predicted molar refractivity (Wildman–Crippen MR) is 78.8 cm³/mol. The van der Waals surface area contributed by atoms with Crippen molar-refractivity contribution in [1.29, 1.82) is 0 Å². The van der Waals surface area contributed by atoms with Crippen LogP contribution in [0.2, 0.25) is 0 Å². The Morgan fingerprint density at radius 1 is 1.50 bits per heavy atom. The Hall–Kier alpha value is -1.42. The lowest BCUT2D eigenvalue weighted by Gasteiger charge is -2.36. The summed E-state index contributed by atoms with van der Waals surface area (Å²) >= 11 is 0. The number of nitrogens with one attached hydrogen (secondary N) is 1. The summed E-state index contributed by atoms with van der Waals surface area (Å²) in [6, 6.07) is 0. The van der Waals surface area contributed by atoms with Crippen molar-refractivity contribution >= 4 is 11.6 Å². The fourth-order valence-corrected chi connectivity index (χ4v) is 2.35. The van der Waals surface area contributed by atoms with Crippen LogP contribution in [-0.2, 0) is 14.4 Å². The van der Waals surface area contributed by atoms with E-state index in [2.05, 4.69) is 12.1 Å². The van der Waals surface area contributed by atoms with Crippen LogP contribution in [0, 0.1) is 11.3 Å². The molecule has 1 saturated carbocycles. The molecule has 0 aromatic rings. The van der Waals surface area contributed by atoms with E-state index >= 15 is 0 Å². The van der Waals surface area contributed by atoms with Gasteiger partial charge < -0.3 is 0 Å². The maximum Gasteiger partial charge on any atom is 0.171 e. The second kappa shape index (κ2) is 6.84. The zero-order chi connectivity index (χ0) is 15.3. The van der Waals surface area contributed by atoms with E-state index in [-0.39, 0.29) is 22.9 Å². The third-order valence-electron chi connectivity index (χ3n) is 3.91. The van der Waals surface area contributed by atoms with E-state index in [1.165, 1.54) is 0 Å². The molecule has 0 spiro atoms. The Morgan fingerprint density at radius 2 is 2.15 bits per heavy atom. The number of rotatable bonds is 6. The number of Topliss-reactive ketones (excluding diaryl/α,β-unsaturated/α-hetero) is 2. The maximum absolute atomic E-state index is 12.5. The molecule has 0 bridgehead atoms. The van der Waals surface area contributed by atoms with E-state index in [9.17, 15) is 9.59 Å². The molecule has 4 nitrogen and oxygen atoms in total. The minimum Gasteiger partial charge on any atom is -0.294 e. The number of carbonyl (C=O) groups is 2. The zero-order valence-electron chi connectivity index (χ0n) is 12.9. The molecule has 0 aliphatic heterocycles. The molecular weight excluding hydrogens is 254 g/mol. The smallest absolute Gasteiger partial charge is 0.171 e. The van der Waals surface area contributed by atoms with Gasteiger partial charge in [-0.25, -0.2) is 0 Å². The molecule has 0 aromatic carbocycles. The third-order valence-corrected chi connectivity index (χ3v) is 3.91. The topological polar surface area (TPSA) is 55.4 Å². The molecule has 0 radical (unpaired) electrons. The molecule has 1 N–H and O–H groups in total. The number of hydrogen-bond donors (Lipinski definition) is 1. The highest BCUT2D eigenvalue weighted by molar-refractivity contribution is 6.23. The zero-order valence-corrected chi connectivity index (χ0v) is 12.9. The maximum atomic E-state index is 12.5. The van der Waals surface area contributed by atoms with Gasteiger partial charge in [-0.3, -0.25) is 19.9 Å². The molecule has 20 heavy (non-hydrogen) atoms. The van der Waals surface area contributed by atoms with Crippen LogP contribution in [0.25, 0.3) is 0 Å². The van der Waals surface area contributed by atoms with Crippen molar-refractivity contribution in [3.8, 4) is 0 Å². The highest BCUT2D eigenvalue weighted by Gasteiger charge is 2.43. The first kappa shape index (κ1) is 16.6. The van der Waals surface area contributed by atoms with Crippen molar-refractivity contribution in [3.05, 3.63) is 23.9 Å². The molecule has 0 aromatic heterocycles. The first-order valence-electron chi connectivity index (χ1n) is 7.14. The summed E-state index contributed by atoms with van der Waals surface area (Å²) in [5, 5.41) is 0. The summed E-state index contributed by atoms with van der Waals surface area (Å²) in [6.07, 6.45) is 3.46. The van der Waals surface area contributed by atoms with E-state index < -0.39 is 0 Å². The van der Waals surface area contributed by atoms with E-state index in [0.717, 1.165) is 6.42 Å². The summed E-state index contributed by atoms with van der Waals surface area (Å²) in [6.45, 7) is 11.7. The summed E-state index contributed by atoms with van der Waals surface area (Å²) < 4.78 is 0. The van der Waals surface area contributed by atoms with Crippen LogP contribution in [0.3, 0.4) is 0 Å². The van der Waals surface area contributed by atoms with Crippen LogP contribution in [0.4, 0.5) is 0 Å². The summed E-state index contributed by atoms with van der Waals surface area (Å²) in [7, 11) is 0. The van der Waals surface area contributed by atoms with Gasteiger partial charge in [-0.15, -0.1) is 6.58 Å². The van der Waals surface area contributed by atoms with Crippen LogP contribution >= 0.6 is 0 Å². The molecule has 4 heteroatoms. The number of hydroxylamine groups is 1. The SMILES string of the molecule is C=CCONC(CCC)=C1C(=O)CC(C)(C)C(C)C1=O. The van der Waals surface area contributed by atoms with Crippen molar-refractivity contribution in [2.24, 2.45) is 11.3 Å². The van der Waals surface area contributed by atoms with Crippen molar-refractivity contribution in [2.45, 2.75) is 47.0 Å². The van der Waals surface area contributed by atoms with Gasteiger partial charge in [0.2, 0.25) is 0 Å². The van der Waals surface area contributed by atoms with E-state index in [0.29, 0.717) is 30.7 Å². The quantitative estimate of drug-likeness (QED) is 0.267. The lowest BCUT2D eigenvalue weighted by atomic mass is 9.66. The fraction of sp³-hybridized carbons (Fsp3) is 0.625. The van der Waals surface area contributed by atoms with E-state index in [4.69, 9.17) is 4.84 Å². The van der Waals surface area contributed by atoms with Crippen LogP contribution in [0.5, 0.6) is 0 Å². The first-order chi connectivity index (χ1) is 9.35. The molecule has 1 rings (SSSR count). The van der Waals surface area contributed by atoms with Gasteiger partial charge in [0.1, 0.15) is 0 Å². The van der Waals surface area contributed by atoms with Gasteiger partial charge in [-0.1, -0.05) is 40.2 Å². The van der Waals surface area contributed by atoms with Crippen molar-refractivity contribution in [1.82, 2.24) is 5.48 Å². The van der Waals surface area contributed by atoms with E-state index in [1.54, 1.807) is 6.08 Å². The van der Waals surface area contributed by atoms with Crippen LogP contribution in [0.1, 0.15) is 47.0 Å². The second-order valence-corrected chi connectivity index (χ2v) is 5.98. The van der Waals surface area contributed by atoms with Crippen molar-refractivity contribution in [2.75, 3.05) is 6.61 Å². The van der Waals surface area contributed by atoms with Gasteiger partial charge >= 0.3 is 0 Å². The Balaban J connectivity index is 3.08. The average molecular weight is 279 g/mol. The largest absolute Gasteiger partial charge is 0.294 e. The Bertz CT molecular complexity index is 435. The van der Waals surface area contributed by atoms with Gasteiger partial charge in [-0.05, 0) is 11.8 Å². The van der Waals surface area contributed by atoms with Crippen molar-refractivity contribution in [3.63, 3.8) is 0 Å². The number of hydrogen-bond acceptors (Lipinski definition) is 4. The van der Waals surface area contributed by atoms with Gasteiger partial charge in [0.15, 0.2) is 11.6 Å². The molecule has 1 fully saturated rings. The molecular formula is C16H25NO3. The van der Waals surface area contributed by atoms with Gasteiger partial charge in [0, 0.05) is 12.3 Å². The number of allylic oxidation sites excluding steroid dienone is 2. The standard InChI is InChI=1S/C16H25NO3/c1-6-8-12(17-20-9-7-2)14-13(18)10-16(4,5)11(3)15(14)19/h7,11,17H,2,6,8-10H2,1,3-5H3. The summed E-state index contributed by atoms with van der Waals surface area (Å²) in [5.74, 6) is -0.330. The van der Waals surface area contributed by atoms with Gasteiger partial charge in [0.05, 0.1) is 17.9 Å². The minimum absolute atomic E-state index is 0.0793. The first-order valence-corrected chi connectivity index (χ1v) is 7.14. The molecule has 1 atom stereocenters. The Kier molecular flexibility index (Phi) is 5.69. The highest BCUT2D eigenvalue weighted by atomic mass is 16.6. The number of ketones is 2. The predicted octanol–water partition coefficient (Wildman–Crippen LogP) is 2.95. The average Bonchev–Trinajstić information content (AvgIpc) is 2.36. The molecule has 1 unspecified atom stereocenters. The normalized spacial score (nSPS) is 24.5. The molecule has 0 amide bonds. The second-order valence-electron chi connectivity index (χ2n) is 5.98. The van der Waals surface area contributed by atoms with Gasteiger partial charge in [0.25, 0.3) is 0 Å². The lowest BCUT2D eigenvalue weighted by molar-refractivity contribution is -0.131.